The van der Waals surface area contributed by atoms with E-state index in [9.17, 15) is 9.59 Å². The standard InChI is InChI=1S/C21H16BrN5O2S/c22-14-8-4-5-9-15(14)26-20(29)17-16(23)12-10-13(18(24)27-21(12)30-17)19(28)25-11-6-2-1-3-7-11/h1-10H,23H2,(H2,24,27)(H,25,28)(H,26,29). The smallest absolute Gasteiger partial charge is 0.267 e. The Bertz CT molecular complexity index is 1270. The summed E-state index contributed by atoms with van der Waals surface area (Å²) >= 11 is 4.52. The van der Waals surface area contributed by atoms with Gasteiger partial charge in [0.1, 0.15) is 15.5 Å². The molecule has 4 aromatic rings. The zero-order chi connectivity index (χ0) is 21.3. The monoisotopic (exact) mass is 481 g/mol. The van der Waals surface area contributed by atoms with Gasteiger partial charge in [0.2, 0.25) is 0 Å². The highest BCUT2D eigenvalue weighted by molar-refractivity contribution is 9.10. The molecule has 4 rings (SSSR count). The summed E-state index contributed by atoms with van der Waals surface area (Å²) in [4.78, 5) is 30.5. The van der Waals surface area contributed by atoms with Crippen LogP contribution in [-0.2, 0) is 0 Å². The second-order valence-corrected chi connectivity index (χ2v) is 8.23. The molecule has 2 amide bonds. The van der Waals surface area contributed by atoms with Gasteiger partial charge in [0.15, 0.2) is 0 Å². The molecule has 0 atom stereocenters. The number of halogens is 1. The van der Waals surface area contributed by atoms with Crippen LogP contribution < -0.4 is 22.1 Å². The Kier molecular flexibility index (Phi) is 5.39. The highest BCUT2D eigenvalue weighted by atomic mass is 79.9. The number of rotatable bonds is 4. The molecule has 150 valence electrons. The Labute approximate surface area is 184 Å². The van der Waals surface area contributed by atoms with Gasteiger partial charge in [-0.1, -0.05) is 30.3 Å². The third-order valence-electron chi connectivity index (χ3n) is 4.36. The van der Waals surface area contributed by atoms with Gasteiger partial charge < -0.3 is 22.1 Å². The van der Waals surface area contributed by atoms with E-state index in [-0.39, 0.29) is 23.0 Å². The number of nitrogens with zero attached hydrogens (tertiary/aromatic N) is 1. The fourth-order valence-corrected chi connectivity index (χ4v) is 4.23. The molecule has 9 heteroatoms. The summed E-state index contributed by atoms with van der Waals surface area (Å²) in [6, 6.07) is 17.8. The fourth-order valence-electron chi connectivity index (χ4n) is 2.87. The van der Waals surface area contributed by atoms with Crippen molar-refractivity contribution in [1.29, 1.82) is 0 Å². The van der Waals surface area contributed by atoms with E-state index in [1.54, 1.807) is 24.3 Å². The van der Waals surface area contributed by atoms with Crippen LogP contribution in [0.5, 0.6) is 0 Å². The van der Waals surface area contributed by atoms with E-state index in [2.05, 4.69) is 31.5 Å². The highest BCUT2D eigenvalue weighted by Gasteiger charge is 2.21. The zero-order valence-corrected chi connectivity index (χ0v) is 17.9. The number of benzene rings is 2. The Morgan fingerprint density at radius 1 is 0.933 bits per heavy atom. The Balaban J connectivity index is 1.66. The molecule has 0 unspecified atom stereocenters. The molecule has 2 aromatic carbocycles. The van der Waals surface area contributed by atoms with Crippen molar-refractivity contribution >= 4 is 72.2 Å². The molecule has 0 saturated carbocycles. The minimum atomic E-state index is -0.405. The first-order valence-corrected chi connectivity index (χ1v) is 10.5. The lowest BCUT2D eigenvalue weighted by molar-refractivity contribution is 0.102. The number of nitrogen functional groups attached to an aromatic ring is 2. The van der Waals surface area contributed by atoms with Gasteiger partial charge in [0.25, 0.3) is 11.8 Å². The molecule has 0 aliphatic rings. The van der Waals surface area contributed by atoms with E-state index in [1.807, 2.05) is 36.4 Å². The second-order valence-electron chi connectivity index (χ2n) is 6.37. The SMILES string of the molecule is Nc1nc2sc(C(=O)Nc3ccccc3Br)c(N)c2cc1C(=O)Nc1ccccc1. The average molecular weight is 482 g/mol. The number of carbonyl (C=O) groups excluding carboxylic acids is 2. The maximum Gasteiger partial charge on any atom is 0.267 e. The minimum Gasteiger partial charge on any atom is -0.397 e. The number of nitrogens with one attached hydrogen (secondary N) is 2. The van der Waals surface area contributed by atoms with Crippen LogP contribution in [0.3, 0.4) is 0 Å². The molecule has 6 N–H and O–H groups in total. The van der Waals surface area contributed by atoms with Gasteiger partial charge in [-0.05, 0) is 46.3 Å². The number of fused-ring (bicyclic) bond motifs is 1. The Morgan fingerprint density at radius 2 is 1.63 bits per heavy atom. The molecule has 0 aliphatic carbocycles. The first-order valence-electron chi connectivity index (χ1n) is 8.85. The lowest BCUT2D eigenvalue weighted by Crippen LogP contribution is -2.15. The lowest BCUT2D eigenvalue weighted by atomic mass is 10.1. The molecule has 0 spiro atoms. The number of nitrogens with two attached hydrogens (primary N) is 2. The van der Waals surface area contributed by atoms with Gasteiger partial charge >= 0.3 is 0 Å². The minimum absolute atomic E-state index is 0.0648. The first kappa shape index (κ1) is 19.9. The molecule has 0 fully saturated rings. The molecular weight excluding hydrogens is 466 g/mol. The van der Waals surface area contributed by atoms with Gasteiger partial charge in [0, 0.05) is 15.5 Å². The maximum atomic E-state index is 12.8. The van der Waals surface area contributed by atoms with Gasteiger partial charge in [-0.15, -0.1) is 11.3 Å². The molecule has 0 aliphatic heterocycles. The van der Waals surface area contributed by atoms with Crippen LogP contribution in [0, 0.1) is 0 Å². The number of amides is 2. The number of thiophene rings is 1. The molecule has 0 bridgehead atoms. The predicted octanol–water partition coefficient (Wildman–Crippen LogP) is 4.73. The predicted molar refractivity (Wildman–Crippen MR) is 125 cm³/mol. The highest BCUT2D eigenvalue weighted by Crippen LogP contribution is 2.35. The van der Waals surface area contributed by atoms with E-state index in [4.69, 9.17) is 11.5 Å². The van der Waals surface area contributed by atoms with Gasteiger partial charge in [-0.3, -0.25) is 9.59 Å². The van der Waals surface area contributed by atoms with Crippen LogP contribution in [0.25, 0.3) is 10.2 Å². The number of aromatic nitrogens is 1. The van der Waals surface area contributed by atoms with Crippen molar-refractivity contribution in [3.05, 3.63) is 75.6 Å². The van der Waals surface area contributed by atoms with Crippen LogP contribution in [0.2, 0.25) is 0 Å². The van der Waals surface area contributed by atoms with Crippen LogP contribution in [0.4, 0.5) is 22.9 Å². The first-order chi connectivity index (χ1) is 14.4. The van der Waals surface area contributed by atoms with Crippen LogP contribution in [0.15, 0.2) is 65.1 Å². The van der Waals surface area contributed by atoms with Crippen molar-refractivity contribution in [2.75, 3.05) is 22.1 Å². The molecule has 30 heavy (non-hydrogen) atoms. The van der Waals surface area contributed by atoms with E-state index < -0.39 is 5.91 Å². The molecule has 0 saturated heterocycles. The normalized spacial score (nSPS) is 10.7. The summed E-state index contributed by atoms with van der Waals surface area (Å²) in [5.41, 5.74) is 13.9. The quantitative estimate of drug-likeness (QED) is 0.335. The van der Waals surface area contributed by atoms with Crippen molar-refractivity contribution in [3.63, 3.8) is 0 Å². The zero-order valence-electron chi connectivity index (χ0n) is 15.5. The Morgan fingerprint density at radius 3 is 2.37 bits per heavy atom. The van der Waals surface area contributed by atoms with Gasteiger partial charge in [0.05, 0.1) is 16.9 Å². The summed E-state index contributed by atoms with van der Waals surface area (Å²) in [7, 11) is 0. The lowest BCUT2D eigenvalue weighted by Gasteiger charge is -2.07. The average Bonchev–Trinajstić information content (AvgIpc) is 3.05. The molecule has 0 radical (unpaired) electrons. The fraction of sp³-hybridized carbons (Fsp3) is 0. The van der Waals surface area contributed by atoms with Crippen molar-refractivity contribution in [3.8, 4) is 0 Å². The van der Waals surface area contributed by atoms with Gasteiger partial charge in [-0.25, -0.2) is 4.98 Å². The third kappa shape index (κ3) is 3.85. The second kappa shape index (κ2) is 8.13. The summed E-state index contributed by atoms with van der Waals surface area (Å²) in [6.07, 6.45) is 0. The summed E-state index contributed by atoms with van der Waals surface area (Å²) < 4.78 is 0.750. The van der Waals surface area contributed by atoms with E-state index >= 15 is 0 Å². The van der Waals surface area contributed by atoms with Crippen LogP contribution in [-0.4, -0.2) is 16.8 Å². The van der Waals surface area contributed by atoms with Crippen molar-refractivity contribution in [2.45, 2.75) is 0 Å². The third-order valence-corrected chi connectivity index (χ3v) is 6.16. The topological polar surface area (TPSA) is 123 Å². The molecule has 2 aromatic heterocycles. The van der Waals surface area contributed by atoms with E-state index in [0.717, 1.165) is 15.8 Å². The largest absolute Gasteiger partial charge is 0.397 e. The Hall–Kier alpha value is -3.43. The van der Waals surface area contributed by atoms with Crippen LogP contribution in [0.1, 0.15) is 20.0 Å². The van der Waals surface area contributed by atoms with Crippen molar-refractivity contribution < 1.29 is 9.59 Å². The molecule has 2 heterocycles. The number of hydrogen-bond acceptors (Lipinski definition) is 6. The number of anilines is 4. The summed E-state index contributed by atoms with van der Waals surface area (Å²) in [5.74, 6) is -0.705. The molecular formula is C21H16BrN5O2S. The summed E-state index contributed by atoms with van der Waals surface area (Å²) in [6.45, 7) is 0. The van der Waals surface area contributed by atoms with Crippen molar-refractivity contribution in [1.82, 2.24) is 4.98 Å². The maximum absolute atomic E-state index is 12.8. The number of pyridine rings is 1. The van der Waals surface area contributed by atoms with Gasteiger partial charge in [-0.2, -0.15) is 0 Å². The van der Waals surface area contributed by atoms with E-state index in [1.165, 1.54) is 0 Å². The number of para-hydroxylation sites is 2. The number of hydrogen-bond donors (Lipinski definition) is 4. The molecule has 7 nitrogen and oxygen atoms in total. The number of carbonyl (C=O) groups is 2. The van der Waals surface area contributed by atoms with E-state index in [0.29, 0.717) is 26.5 Å². The summed E-state index contributed by atoms with van der Waals surface area (Å²) in [5, 5.41) is 6.09. The van der Waals surface area contributed by atoms with Crippen LogP contribution >= 0.6 is 27.3 Å². The van der Waals surface area contributed by atoms with Crippen molar-refractivity contribution in [2.24, 2.45) is 0 Å².